The highest BCUT2D eigenvalue weighted by Gasteiger charge is 2.09. The second-order valence-electron chi connectivity index (χ2n) is 3.57. The van der Waals surface area contributed by atoms with Crippen molar-refractivity contribution < 1.29 is 4.79 Å². The molecule has 0 aromatic heterocycles. The maximum absolute atomic E-state index is 11.2. The lowest BCUT2D eigenvalue weighted by atomic mass is 10.0. The van der Waals surface area contributed by atoms with Crippen LogP contribution in [-0.4, -0.2) is 11.8 Å². The van der Waals surface area contributed by atoms with E-state index >= 15 is 0 Å². The maximum atomic E-state index is 11.2. The van der Waals surface area contributed by atoms with Crippen molar-refractivity contribution in [3.05, 3.63) is 28.8 Å². The fraction of sp³-hybridized carbons (Fsp3) is 0.364. The van der Waals surface area contributed by atoms with Gasteiger partial charge in [0.25, 0.3) is 0 Å². The van der Waals surface area contributed by atoms with Gasteiger partial charge in [-0.1, -0.05) is 31.5 Å². The highest BCUT2D eigenvalue weighted by molar-refractivity contribution is 6.31. The van der Waals surface area contributed by atoms with Crippen molar-refractivity contribution in [1.82, 2.24) is 0 Å². The molecule has 0 saturated carbocycles. The van der Waals surface area contributed by atoms with Gasteiger partial charge in [0.1, 0.15) is 5.88 Å². The fourth-order valence-electron chi connectivity index (χ4n) is 1.32. The number of carbonyl (C=O) groups excluding carboxylic acids is 1. The Hall–Kier alpha value is -0.730. The number of amides is 1. The molecule has 2 nitrogen and oxygen atoms in total. The molecule has 0 fully saturated rings. The first-order valence-corrected chi connectivity index (χ1v) is 5.61. The van der Waals surface area contributed by atoms with Crippen molar-refractivity contribution in [2.24, 2.45) is 0 Å². The second kappa shape index (κ2) is 5.38. The van der Waals surface area contributed by atoms with Gasteiger partial charge in [-0.15, -0.1) is 11.6 Å². The molecule has 0 aliphatic rings. The Bertz CT molecular complexity index is 364. The molecule has 0 aliphatic carbocycles. The predicted molar refractivity (Wildman–Crippen MR) is 64.9 cm³/mol. The van der Waals surface area contributed by atoms with Crippen LogP contribution in [0.2, 0.25) is 5.02 Å². The Labute approximate surface area is 99.6 Å². The zero-order chi connectivity index (χ0) is 11.4. The summed E-state index contributed by atoms with van der Waals surface area (Å²) < 4.78 is 0. The van der Waals surface area contributed by atoms with Gasteiger partial charge in [-0.05, 0) is 23.6 Å². The molecule has 0 saturated heterocycles. The van der Waals surface area contributed by atoms with Crippen molar-refractivity contribution in [2.75, 3.05) is 11.2 Å². The third-order valence-electron chi connectivity index (χ3n) is 2.03. The normalized spacial score (nSPS) is 10.5. The van der Waals surface area contributed by atoms with Crippen LogP contribution in [0.3, 0.4) is 0 Å². The molecule has 0 spiro atoms. The Kier molecular flexibility index (Phi) is 4.43. The monoisotopic (exact) mass is 245 g/mol. The lowest BCUT2D eigenvalue weighted by Crippen LogP contribution is -2.14. The molecular formula is C11H13Cl2NO. The molecule has 0 aliphatic heterocycles. The molecular weight excluding hydrogens is 233 g/mol. The minimum Gasteiger partial charge on any atom is -0.325 e. The third-order valence-corrected chi connectivity index (χ3v) is 2.51. The van der Waals surface area contributed by atoms with E-state index in [0.717, 1.165) is 11.3 Å². The summed E-state index contributed by atoms with van der Waals surface area (Å²) in [5.74, 6) is 0.0538. The Morgan fingerprint density at radius 1 is 1.47 bits per heavy atom. The zero-order valence-corrected chi connectivity index (χ0v) is 10.2. The summed E-state index contributed by atoms with van der Waals surface area (Å²) in [4.78, 5) is 11.2. The van der Waals surface area contributed by atoms with Gasteiger partial charge in [0.05, 0.1) is 0 Å². The molecule has 0 unspecified atom stereocenters. The fourth-order valence-corrected chi connectivity index (χ4v) is 1.56. The van der Waals surface area contributed by atoms with Gasteiger partial charge in [-0.2, -0.15) is 0 Å². The Balaban J connectivity index is 3.02. The van der Waals surface area contributed by atoms with Crippen LogP contribution >= 0.6 is 23.2 Å². The van der Waals surface area contributed by atoms with Crippen LogP contribution in [-0.2, 0) is 4.79 Å². The summed E-state index contributed by atoms with van der Waals surface area (Å²) >= 11 is 11.3. The first-order chi connectivity index (χ1) is 7.04. The number of halogens is 2. The van der Waals surface area contributed by atoms with Gasteiger partial charge in [0.2, 0.25) is 5.91 Å². The van der Waals surface area contributed by atoms with Crippen LogP contribution < -0.4 is 5.32 Å². The van der Waals surface area contributed by atoms with E-state index in [1.54, 1.807) is 6.07 Å². The molecule has 82 valence electrons. The van der Waals surface area contributed by atoms with E-state index in [1.165, 1.54) is 0 Å². The summed E-state index contributed by atoms with van der Waals surface area (Å²) in [6, 6.07) is 5.46. The molecule has 1 aromatic carbocycles. The molecule has 15 heavy (non-hydrogen) atoms. The molecule has 0 atom stereocenters. The van der Waals surface area contributed by atoms with Crippen LogP contribution in [0.4, 0.5) is 5.69 Å². The molecule has 1 amide bonds. The van der Waals surface area contributed by atoms with E-state index < -0.39 is 0 Å². The van der Waals surface area contributed by atoms with E-state index in [1.807, 2.05) is 12.1 Å². The van der Waals surface area contributed by atoms with Gasteiger partial charge in [0, 0.05) is 10.7 Å². The molecule has 1 rings (SSSR count). The van der Waals surface area contributed by atoms with Crippen molar-refractivity contribution in [2.45, 2.75) is 19.8 Å². The number of hydrogen-bond acceptors (Lipinski definition) is 1. The van der Waals surface area contributed by atoms with Gasteiger partial charge in [-0.3, -0.25) is 4.79 Å². The van der Waals surface area contributed by atoms with Crippen molar-refractivity contribution in [1.29, 1.82) is 0 Å². The molecule has 4 heteroatoms. The summed E-state index contributed by atoms with van der Waals surface area (Å²) in [5, 5.41) is 3.33. The number of anilines is 1. The lowest BCUT2D eigenvalue weighted by molar-refractivity contribution is -0.113. The average molecular weight is 246 g/mol. The van der Waals surface area contributed by atoms with E-state index in [9.17, 15) is 4.79 Å². The highest BCUT2D eigenvalue weighted by Crippen LogP contribution is 2.27. The summed E-state index contributed by atoms with van der Waals surface area (Å²) in [6.45, 7) is 4.11. The number of rotatable bonds is 3. The van der Waals surface area contributed by atoms with Crippen LogP contribution in [0.1, 0.15) is 25.3 Å². The molecule has 1 N–H and O–H groups in total. The summed E-state index contributed by atoms with van der Waals surface area (Å²) in [5.41, 5.74) is 1.79. The van der Waals surface area contributed by atoms with Crippen molar-refractivity contribution >= 4 is 34.8 Å². The van der Waals surface area contributed by atoms with Gasteiger partial charge in [0.15, 0.2) is 0 Å². The number of carbonyl (C=O) groups is 1. The van der Waals surface area contributed by atoms with E-state index in [-0.39, 0.29) is 11.8 Å². The SMILES string of the molecule is CC(C)c1ccc(Cl)cc1NC(=O)CCl. The van der Waals surface area contributed by atoms with Crippen LogP contribution in [0.5, 0.6) is 0 Å². The number of nitrogens with one attached hydrogen (secondary N) is 1. The quantitative estimate of drug-likeness (QED) is 0.810. The number of alkyl halides is 1. The molecule has 0 radical (unpaired) electrons. The van der Waals surface area contributed by atoms with Crippen molar-refractivity contribution in [3.8, 4) is 0 Å². The average Bonchev–Trinajstić information content (AvgIpc) is 2.17. The largest absolute Gasteiger partial charge is 0.325 e. The first kappa shape index (κ1) is 12.3. The number of hydrogen-bond donors (Lipinski definition) is 1. The van der Waals surface area contributed by atoms with Crippen LogP contribution in [0.15, 0.2) is 18.2 Å². The van der Waals surface area contributed by atoms with Crippen molar-refractivity contribution in [3.63, 3.8) is 0 Å². The van der Waals surface area contributed by atoms with E-state index in [2.05, 4.69) is 19.2 Å². The van der Waals surface area contributed by atoms with Gasteiger partial charge in [-0.25, -0.2) is 0 Å². The summed E-state index contributed by atoms with van der Waals surface area (Å²) in [7, 11) is 0. The first-order valence-electron chi connectivity index (χ1n) is 4.70. The highest BCUT2D eigenvalue weighted by atomic mass is 35.5. The summed E-state index contributed by atoms with van der Waals surface area (Å²) in [6.07, 6.45) is 0. The molecule has 0 heterocycles. The molecule has 0 bridgehead atoms. The van der Waals surface area contributed by atoms with E-state index in [0.29, 0.717) is 10.9 Å². The Morgan fingerprint density at radius 3 is 2.67 bits per heavy atom. The standard InChI is InChI=1S/C11H13Cl2NO/c1-7(2)9-4-3-8(13)5-10(9)14-11(15)6-12/h3-5,7H,6H2,1-2H3,(H,14,15). The zero-order valence-electron chi connectivity index (χ0n) is 8.68. The van der Waals surface area contributed by atoms with Gasteiger partial charge >= 0.3 is 0 Å². The topological polar surface area (TPSA) is 29.1 Å². The smallest absolute Gasteiger partial charge is 0.239 e. The maximum Gasteiger partial charge on any atom is 0.239 e. The Morgan fingerprint density at radius 2 is 2.13 bits per heavy atom. The number of benzene rings is 1. The minimum atomic E-state index is -0.221. The third kappa shape index (κ3) is 3.40. The van der Waals surface area contributed by atoms with Crippen LogP contribution in [0.25, 0.3) is 0 Å². The van der Waals surface area contributed by atoms with Gasteiger partial charge < -0.3 is 5.32 Å². The predicted octanol–water partition coefficient (Wildman–Crippen LogP) is 3.64. The lowest BCUT2D eigenvalue weighted by Gasteiger charge is -2.13. The second-order valence-corrected chi connectivity index (χ2v) is 4.27. The van der Waals surface area contributed by atoms with Crippen LogP contribution in [0, 0.1) is 0 Å². The minimum absolute atomic E-state index is 0.0515. The van der Waals surface area contributed by atoms with E-state index in [4.69, 9.17) is 23.2 Å². The molecule has 1 aromatic rings.